The van der Waals surface area contributed by atoms with Gasteiger partial charge in [-0.25, -0.2) is 9.36 Å². The van der Waals surface area contributed by atoms with Gasteiger partial charge in [0.2, 0.25) is 0 Å². The molecule has 0 radical (unpaired) electrons. The molecule has 5 rings (SSSR count). The number of fused-ring (bicyclic) bond motifs is 2. The van der Waals surface area contributed by atoms with Gasteiger partial charge in [0.25, 0.3) is 0 Å². The van der Waals surface area contributed by atoms with Gasteiger partial charge in [0.05, 0.1) is 23.3 Å². The largest absolute Gasteiger partial charge is 0.491 e. The molecular weight excluding hydrogens is 400 g/mol. The van der Waals surface area contributed by atoms with Crippen LogP contribution >= 0.6 is 0 Å². The molecule has 0 aliphatic carbocycles. The van der Waals surface area contributed by atoms with Crippen molar-refractivity contribution in [1.29, 1.82) is 0 Å². The molecule has 0 amide bonds. The Morgan fingerprint density at radius 3 is 2.00 bits per heavy atom. The van der Waals surface area contributed by atoms with Crippen molar-refractivity contribution in [3.8, 4) is 17.1 Å². The third-order valence-electron chi connectivity index (χ3n) is 5.58. The number of hydrogen-bond acceptors (Lipinski definition) is 5. The quantitative estimate of drug-likeness (QED) is 0.337. The van der Waals surface area contributed by atoms with E-state index < -0.39 is 0 Å². The highest BCUT2D eigenvalue weighted by molar-refractivity contribution is 5.79. The first kappa shape index (κ1) is 20.2. The Bertz CT molecular complexity index is 1260. The first-order valence-corrected chi connectivity index (χ1v) is 11.2. The number of aromatic nitrogens is 6. The first-order valence-electron chi connectivity index (χ1n) is 11.2. The lowest BCUT2D eigenvalue weighted by Gasteiger charge is -2.17. The van der Waals surface area contributed by atoms with Crippen molar-refractivity contribution in [2.75, 3.05) is 6.61 Å². The fourth-order valence-corrected chi connectivity index (χ4v) is 3.95. The molecule has 5 aromatic rings. The van der Waals surface area contributed by atoms with Crippen molar-refractivity contribution >= 4 is 22.1 Å². The van der Waals surface area contributed by atoms with Crippen LogP contribution in [0.2, 0.25) is 0 Å². The standard InChI is InChI=1S/C25H26N6O/c1-3-5-10-18-16-24(31-22-14-9-7-12-20(22)27-29-31)25(32-15-4-2)17-23(18)30-21-13-8-6-11-19(21)26-28-30/h6-9,11-14,16-17H,3-5,10,15H2,1-2H3. The fraction of sp³-hybridized carbons (Fsp3) is 0.280. The van der Waals surface area contributed by atoms with Crippen LogP contribution in [0.1, 0.15) is 38.7 Å². The van der Waals surface area contributed by atoms with E-state index in [1.165, 1.54) is 5.56 Å². The number of rotatable bonds is 8. The maximum absolute atomic E-state index is 6.22. The Morgan fingerprint density at radius 1 is 0.750 bits per heavy atom. The van der Waals surface area contributed by atoms with Crippen molar-refractivity contribution in [3.63, 3.8) is 0 Å². The molecule has 0 atom stereocenters. The van der Waals surface area contributed by atoms with Gasteiger partial charge >= 0.3 is 0 Å². The van der Waals surface area contributed by atoms with Crippen LogP contribution in [0.15, 0.2) is 60.7 Å². The van der Waals surface area contributed by atoms with Crippen molar-refractivity contribution in [1.82, 2.24) is 30.0 Å². The lowest BCUT2D eigenvalue weighted by atomic mass is 10.0. The minimum absolute atomic E-state index is 0.617. The summed E-state index contributed by atoms with van der Waals surface area (Å²) in [5.41, 5.74) is 6.73. The molecule has 0 aliphatic rings. The smallest absolute Gasteiger partial charge is 0.147 e. The summed E-state index contributed by atoms with van der Waals surface area (Å²) in [6.07, 6.45) is 4.02. The van der Waals surface area contributed by atoms with Crippen molar-refractivity contribution < 1.29 is 4.74 Å². The maximum atomic E-state index is 6.22. The normalized spacial score (nSPS) is 11.4. The zero-order valence-corrected chi connectivity index (χ0v) is 18.4. The molecule has 2 heterocycles. The van der Waals surface area contributed by atoms with E-state index in [1.54, 1.807) is 0 Å². The zero-order valence-electron chi connectivity index (χ0n) is 18.4. The second-order valence-electron chi connectivity index (χ2n) is 7.88. The van der Waals surface area contributed by atoms with E-state index in [4.69, 9.17) is 4.74 Å². The number of unbranched alkanes of at least 4 members (excludes halogenated alkanes) is 1. The van der Waals surface area contributed by atoms with E-state index in [-0.39, 0.29) is 0 Å². The van der Waals surface area contributed by atoms with E-state index in [9.17, 15) is 0 Å². The summed E-state index contributed by atoms with van der Waals surface area (Å²) in [6, 6.07) is 20.2. The highest BCUT2D eigenvalue weighted by Crippen LogP contribution is 2.33. The molecule has 2 aromatic heterocycles. The van der Waals surface area contributed by atoms with Crippen LogP contribution in [-0.4, -0.2) is 36.6 Å². The average molecular weight is 427 g/mol. The van der Waals surface area contributed by atoms with Crippen LogP contribution in [0.3, 0.4) is 0 Å². The number of ether oxygens (including phenoxy) is 1. The summed E-state index contributed by atoms with van der Waals surface area (Å²) in [5.74, 6) is 0.761. The predicted molar refractivity (Wildman–Crippen MR) is 126 cm³/mol. The summed E-state index contributed by atoms with van der Waals surface area (Å²) >= 11 is 0. The van der Waals surface area contributed by atoms with Crippen LogP contribution in [0.4, 0.5) is 0 Å². The van der Waals surface area contributed by atoms with Crippen LogP contribution in [0, 0.1) is 0 Å². The lowest BCUT2D eigenvalue weighted by Crippen LogP contribution is -2.09. The summed E-state index contributed by atoms with van der Waals surface area (Å²) in [4.78, 5) is 0. The van der Waals surface area contributed by atoms with E-state index in [2.05, 4.69) is 46.6 Å². The number of para-hydroxylation sites is 2. The molecule has 3 aromatic carbocycles. The highest BCUT2D eigenvalue weighted by atomic mass is 16.5. The Morgan fingerprint density at radius 2 is 1.38 bits per heavy atom. The molecule has 0 spiro atoms. The van der Waals surface area contributed by atoms with Crippen LogP contribution in [-0.2, 0) is 6.42 Å². The minimum atomic E-state index is 0.617. The average Bonchev–Trinajstić information content (AvgIpc) is 3.46. The lowest BCUT2D eigenvalue weighted by molar-refractivity contribution is 0.315. The summed E-state index contributed by atoms with van der Waals surface area (Å²) in [7, 11) is 0. The van der Waals surface area contributed by atoms with E-state index in [0.717, 1.165) is 64.9 Å². The minimum Gasteiger partial charge on any atom is -0.491 e. The van der Waals surface area contributed by atoms with Crippen molar-refractivity contribution in [3.05, 3.63) is 66.2 Å². The molecule has 7 nitrogen and oxygen atoms in total. The molecule has 0 saturated heterocycles. The zero-order chi connectivity index (χ0) is 21.9. The van der Waals surface area contributed by atoms with Crippen LogP contribution in [0.25, 0.3) is 33.4 Å². The van der Waals surface area contributed by atoms with Gasteiger partial charge < -0.3 is 4.74 Å². The van der Waals surface area contributed by atoms with Crippen molar-refractivity contribution in [2.24, 2.45) is 0 Å². The molecule has 0 saturated carbocycles. The monoisotopic (exact) mass is 426 g/mol. The first-order chi connectivity index (χ1) is 15.8. The number of nitrogens with zero attached hydrogens (tertiary/aromatic N) is 6. The van der Waals surface area contributed by atoms with E-state index in [1.807, 2.05) is 57.9 Å². The predicted octanol–water partition coefficient (Wildman–Crippen LogP) is 5.29. The van der Waals surface area contributed by atoms with Gasteiger partial charge in [0, 0.05) is 6.07 Å². The van der Waals surface area contributed by atoms with Gasteiger partial charge in [-0.1, -0.05) is 55.0 Å². The second kappa shape index (κ2) is 8.78. The Hall–Kier alpha value is -3.74. The molecule has 7 heteroatoms. The van der Waals surface area contributed by atoms with E-state index in [0.29, 0.717) is 6.61 Å². The topological polar surface area (TPSA) is 70.7 Å². The molecule has 0 fully saturated rings. The number of hydrogen-bond donors (Lipinski definition) is 0. The molecule has 0 N–H and O–H groups in total. The molecule has 0 unspecified atom stereocenters. The van der Waals surface area contributed by atoms with Crippen LogP contribution in [0.5, 0.6) is 5.75 Å². The Labute approximate surface area is 186 Å². The van der Waals surface area contributed by atoms with Gasteiger partial charge in [0.15, 0.2) is 0 Å². The SMILES string of the molecule is CCCCc1cc(-n2nnc3ccccc32)c(OCCC)cc1-n1nnc2ccccc21. The van der Waals surface area contributed by atoms with Gasteiger partial charge in [-0.15, -0.1) is 10.2 Å². The fourth-order valence-electron chi connectivity index (χ4n) is 3.95. The maximum Gasteiger partial charge on any atom is 0.147 e. The van der Waals surface area contributed by atoms with E-state index >= 15 is 0 Å². The molecular formula is C25H26N6O. The summed E-state index contributed by atoms with van der Waals surface area (Å²) in [6.45, 7) is 4.92. The van der Waals surface area contributed by atoms with Crippen LogP contribution < -0.4 is 4.74 Å². The van der Waals surface area contributed by atoms with Gasteiger partial charge in [-0.2, -0.15) is 0 Å². The number of aryl methyl sites for hydroxylation is 1. The Kier molecular flexibility index (Phi) is 5.54. The third kappa shape index (κ3) is 3.60. The third-order valence-corrected chi connectivity index (χ3v) is 5.58. The van der Waals surface area contributed by atoms with Gasteiger partial charge in [0.1, 0.15) is 22.5 Å². The van der Waals surface area contributed by atoms with Gasteiger partial charge in [-0.3, -0.25) is 0 Å². The summed E-state index contributed by atoms with van der Waals surface area (Å²) in [5, 5.41) is 17.6. The highest BCUT2D eigenvalue weighted by Gasteiger charge is 2.18. The number of benzene rings is 3. The van der Waals surface area contributed by atoms with Crippen molar-refractivity contribution in [2.45, 2.75) is 39.5 Å². The molecule has 0 bridgehead atoms. The Balaban J connectivity index is 1.74. The van der Waals surface area contributed by atoms with Gasteiger partial charge in [-0.05, 0) is 55.2 Å². The molecule has 162 valence electrons. The molecule has 32 heavy (non-hydrogen) atoms. The summed E-state index contributed by atoms with van der Waals surface area (Å²) < 4.78 is 10.0. The molecule has 0 aliphatic heterocycles. The second-order valence-corrected chi connectivity index (χ2v) is 7.88.